The normalized spacial score (nSPS) is 10.1. The average molecular weight is 252 g/mol. The number of aromatic amines is 1. The minimum atomic E-state index is 0.854. The average Bonchev–Trinajstić information content (AvgIpc) is 2.70. The quantitative estimate of drug-likeness (QED) is 0.869. The molecule has 1 heterocycles. The number of halogens is 1. The third-order valence-electron chi connectivity index (χ3n) is 2.06. The molecule has 0 spiro atoms. The molecule has 0 aliphatic heterocycles. The number of rotatable bonds is 2. The first-order valence-electron chi connectivity index (χ1n) is 4.28. The van der Waals surface area contributed by atoms with Crippen LogP contribution in [-0.4, -0.2) is 12.1 Å². The molecule has 0 radical (unpaired) electrons. The van der Waals surface area contributed by atoms with E-state index in [-0.39, 0.29) is 0 Å². The number of aromatic nitrogens is 1. The van der Waals surface area contributed by atoms with Crippen LogP contribution in [0.3, 0.4) is 0 Å². The Morgan fingerprint density at radius 2 is 2.14 bits per heavy atom. The van der Waals surface area contributed by atoms with E-state index in [4.69, 9.17) is 4.74 Å². The van der Waals surface area contributed by atoms with Gasteiger partial charge < -0.3 is 9.72 Å². The number of hydrogen-bond acceptors (Lipinski definition) is 1. The van der Waals surface area contributed by atoms with Gasteiger partial charge in [0, 0.05) is 21.9 Å². The maximum atomic E-state index is 5.13. The van der Waals surface area contributed by atoms with Crippen LogP contribution in [0.1, 0.15) is 0 Å². The number of nitrogens with one attached hydrogen (secondary N) is 1. The van der Waals surface area contributed by atoms with E-state index >= 15 is 0 Å². The van der Waals surface area contributed by atoms with Crippen molar-refractivity contribution >= 4 is 15.9 Å². The Morgan fingerprint density at radius 1 is 1.29 bits per heavy atom. The minimum absolute atomic E-state index is 0.854. The fraction of sp³-hybridized carbons (Fsp3) is 0.0909. The van der Waals surface area contributed by atoms with Crippen LogP contribution in [0, 0.1) is 0 Å². The van der Waals surface area contributed by atoms with E-state index in [9.17, 15) is 0 Å². The fourth-order valence-corrected chi connectivity index (χ4v) is 1.91. The van der Waals surface area contributed by atoms with Crippen molar-refractivity contribution in [1.29, 1.82) is 0 Å². The van der Waals surface area contributed by atoms with E-state index in [1.807, 2.05) is 36.5 Å². The second kappa shape index (κ2) is 3.88. The minimum Gasteiger partial charge on any atom is -0.497 e. The molecule has 14 heavy (non-hydrogen) atoms. The molecule has 1 aromatic carbocycles. The maximum Gasteiger partial charge on any atom is 0.120 e. The summed E-state index contributed by atoms with van der Waals surface area (Å²) in [4.78, 5) is 3.16. The molecule has 0 bridgehead atoms. The summed E-state index contributed by atoms with van der Waals surface area (Å²) in [5, 5.41) is 0. The molecular weight excluding hydrogens is 242 g/mol. The van der Waals surface area contributed by atoms with Crippen molar-refractivity contribution in [3.8, 4) is 17.0 Å². The number of methoxy groups -OCH3 is 1. The van der Waals surface area contributed by atoms with Crippen molar-refractivity contribution < 1.29 is 4.74 Å². The molecule has 1 aromatic heterocycles. The Hall–Kier alpha value is -1.22. The molecule has 0 fully saturated rings. The van der Waals surface area contributed by atoms with Gasteiger partial charge in [-0.1, -0.05) is 0 Å². The second-order valence-electron chi connectivity index (χ2n) is 2.93. The summed E-state index contributed by atoms with van der Waals surface area (Å²) in [7, 11) is 1.66. The van der Waals surface area contributed by atoms with Crippen molar-refractivity contribution in [3.05, 3.63) is 41.0 Å². The summed E-state index contributed by atoms with van der Waals surface area (Å²) >= 11 is 3.51. The van der Waals surface area contributed by atoms with Gasteiger partial charge in [-0.05, 0) is 46.3 Å². The van der Waals surface area contributed by atoms with Crippen molar-refractivity contribution in [2.75, 3.05) is 7.11 Å². The summed E-state index contributed by atoms with van der Waals surface area (Å²) in [6.45, 7) is 0. The lowest BCUT2D eigenvalue weighted by molar-refractivity contribution is 0.414. The summed E-state index contributed by atoms with van der Waals surface area (Å²) < 4.78 is 6.15. The van der Waals surface area contributed by atoms with Gasteiger partial charge in [0.25, 0.3) is 0 Å². The molecule has 2 aromatic rings. The van der Waals surface area contributed by atoms with Crippen LogP contribution < -0.4 is 4.74 Å². The highest BCUT2D eigenvalue weighted by atomic mass is 79.9. The predicted octanol–water partition coefficient (Wildman–Crippen LogP) is 3.45. The highest BCUT2D eigenvalue weighted by Crippen LogP contribution is 2.30. The van der Waals surface area contributed by atoms with Crippen LogP contribution in [-0.2, 0) is 0 Å². The Labute approximate surface area is 91.0 Å². The predicted molar refractivity (Wildman–Crippen MR) is 60.5 cm³/mol. The number of benzene rings is 1. The highest BCUT2D eigenvalue weighted by molar-refractivity contribution is 9.10. The Morgan fingerprint density at radius 3 is 2.71 bits per heavy atom. The van der Waals surface area contributed by atoms with E-state index in [1.54, 1.807) is 7.11 Å². The van der Waals surface area contributed by atoms with Crippen LogP contribution in [0.2, 0.25) is 0 Å². The first-order chi connectivity index (χ1) is 6.81. The summed E-state index contributed by atoms with van der Waals surface area (Å²) in [5.41, 5.74) is 2.23. The number of H-pyrrole nitrogens is 1. The van der Waals surface area contributed by atoms with E-state index in [0.29, 0.717) is 0 Å². The van der Waals surface area contributed by atoms with Gasteiger partial charge in [0.05, 0.1) is 7.11 Å². The smallest absolute Gasteiger partial charge is 0.120 e. The third-order valence-corrected chi connectivity index (χ3v) is 2.72. The lowest BCUT2D eigenvalue weighted by Gasteiger charge is -2.04. The van der Waals surface area contributed by atoms with Crippen molar-refractivity contribution in [2.45, 2.75) is 0 Å². The van der Waals surface area contributed by atoms with Gasteiger partial charge in [0.15, 0.2) is 0 Å². The van der Waals surface area contributed by atoms with E-state index < -0.39 is 0 Å². The number of hydrogen-bond donors (Lipinski definition) is 1. The van der Waals surface area contributed by atoms with Crippen LogP contribution in [0.4, 0.5) is 0 Å². The van der Waals surface area contributed by atoms with Crippen molar-refractivity contribution in [1.82, 2.24) is 4.98 Å². The van der Waals surface area contributed by atoms with Crippen molar-refractivity contribution in [2.24, 2.45) is 0 Å². The monoisotopic (exact) mass is 251 g/mol. The number of ether oxygens (including phenoxy) is 1. The zero-order valence-electron chi connectivity index (χ0n) is 7.75. The van der Waals surface area contributed by atoms with Crippen LogP contribution >= 0.6 is 15.9 Å². The van der Waals surface area contributed by atoms with Crippen LogP contribution in [0.25, 0.3) is 11.3 Å². The first-order valence-corrected chi connectivity index (χ1v) is 5.08. The molecular formula is C11H10BrNO. The Bertz CT molecular complexity index is 423. The molecule has 0 saturated carbocycles. The standard InChI is InChI=1S/C11H10BrNO/c1-14-8-4-5-9(10(12)7-8)11-3-2-6-13-11/h2-7,13H,1H3. The van der Waals surface area contributed by atoms with Crippen LogP contribution in [0.5, 0.6) is 5.75 Å². The van der Waals surface area contributed by atoms with E-state index in [2.05, 4.69) is 20.9 Å². The summed E-state index contributed by atoms with van der Waals surface area (Å²) in [5.74, 6) is 0.854. The van der Waals surface area contributed by atoms with Crippen LogP contribution in [0.15, 0.2) is 41.0 Å². The molecule has 2 nitrogen and oxygen atoms in total. The zero-order valence-corrected chi connectivity index (χ0v) is 9.34. The molecule has 0 atom stereocenters. The van der Waals surface area contributed by atoms with Gasteiger partial charge in [0.1, 0.15) is 5.75 Å². The zero-order chi connectivity index (χ0) is 9.97. The second-order valence-corrected chi connectivity index (χ2v) is 3.78. The van der Waals surface area contributed by atoms with Gasteiger partial charge in [0.2, 0.25) is 0 Å². The molecule has 0 aliphatic rings. The molecule has 0 amide bonds. The summed E-state index contributed by atoms with van der Waals surface area (Å²) in [6.07, 6.45) is 1.91. The fourth-order valence-electron chi connectivity index (χ4n) is 1.34. The molecule has 2 rings (SSSR count). The molecule has 0 unspecified atom stereocenters. The topological polar surface area (TPSA) is 25.0 Å². The maximum absolute atomic E-state index is 5.13. The lowest BCUT2D eigenvalue weighted by atomic mass is 10.1. The SMILES string of the molecule is COc1ccc(-c2ccc[nH]2)c(Br)c1. The van der Waals surface area contributed by atoms with Gasteiger partial charge >= 0.3 is 0 Å². The molecule has 0 aliphatic carbocycles. The Balaban J connectivity index is 2.46. The van der Waals surface area contributed by atoms with E-state index in [0.717, 1.165) is 21.5 Å². The summed E-state index contributed by atoms with van der Waals surface area (Å²) in [6, 6.07) is 9.93. The first kappa shape index (κ1) is 9.34. The van der Waals surface area contributed by atoms with Gasteiger partial charge in [-0.2, -0.15) is 0 Å². The van der Waals surface area contributed by atoms with Gasteiger partial charge in [-0.3, -0.25) is 0 Å². The lowest BCUT2D eigenvalue weighted by Crippen LogP contribution is -1.84. The van der Waals surface area contributed by atoms with Gasteiger partial charge in [-0.25, -0.2) is 0 Å². The molecule has 1 N–H and O–H groups in total. The van der Waals surface area contributed by atoms with Crippen molar-refractivity contribution in [3.63, 3.8) is 0 Å². The molecule has 72 valence electrons. The Kier molecular flexibility index (Phi) is 2.59. The largest absolute Gasteiger partial charge is 0.497 e. The molecule has 0 saturated heterocycles. The third kappa shape index (κ3) is 1.68. The highest BCUT2D eigenvalue weighted by Gasteiger charge is 2.04. The van der Waals surface area contributed by atoms with E-state index in [1.165, 1.54) is 0 Å². The van der Waals surface area contributed by atoms with Gasteiger partial charge in [-0.15, -0.1) is 0 Å². The molecule has 3 heteroatoms.